The fourth-order valence-corrected chi connectivity index (χ4v) is 2.08. The SMILES string of the molecule is COc1cc(C(=O)NCC(C)(O)C(=O)O)cc(Cl)c1OCCC(C)C. The molecule has 0 saturated heterocycles. The number of aliphatic hydroxyl groups is 1. The molecule has 0 spiro atoms. The van der Waals surface area contributed by atoms with Crippen molar-refractivity contribution in [2.24, 2.45) is 5.92 Å². The van der Waals surface area contributed by atoms with Crippen molar-refractivity contribution in [2.45, 2.75) is 32.8 Å². The number of amides is 1. The van der Waals surface area contributed by atoms with Gasteiger partial charge in [0.2, 0.25) is 0 Å². The molecule has 0 heterocycles. The number of carbonyl (C=O) groups excluding carboxylic acids is 1. The van der Waals surface area contributed by atoms with E-state index in [1.54, 1.807) is 0 Å². The Balaban J connectivity index is 2.89. The number of halogens is 1. The molecule has 1 aromatic carbocycles. The van der Waals surface area contributed by atoms with E-state index in [2.05, 4.69) is 19.2 Å². The van der Waals surface area contributed by atoms with Gasteiger partial charge in [0.15, 0.2) is 17.1 Å². The van der Waals surface area contributed by atoms with E-state index in [9.17, 15) is 14.7 Å². The molecule has 0 aliphatic heterocycles. The topological polar surface area (TPSA) is 105 Å². The monoisotopic (exact) mass is 373 g/mol. The Kier molecular flexibility index (Phi) is 7.51. The van der Waals surface area contributed by atoms with Gasteiger partial charge >= 0.3 is 5.97 Å². The van der Waals surface area contributed by atoms with Crippen LogP contribution in [-0.2, 0) is 4.79 Å². The number of carbonyl (C=O) groups is 2. The Labute approximate surface area is 151 Å². The van der Waals surface area contributed by atoms with Gasteiger partial charge in [-0.05, 0) is 31.4 Å². The van der Waals surface area contributed by atoms with Crippen LogP contribution in [0.4, 0.5) is 0 Å². The molecule has 0 aliphatic rings. The van der Waals surface area contributed by atoms with Crippen molar-refractivity contribution in [1.82, 2.24) is 5.32 Å². The molecule has 0 radical (unpaired) electrons. The van der Waals surface area contributed by atoms with E-state index < -0.39 is 24.0 Å². The highest BCUT2D eigenvalue weighted by molar-refractivity contribution is 6.32. The van der Waals surface area contributed by atoms with Gasteiger partial charge in [0.25, 0.3) is 5.91 Å². The van der Waals surface area contributed by atoms with E-state index in [0.29, 0.717) is 24.0 Å². The van der Waals surface area contributed by atoms with E-state index in [-0.39, 0.29) is 10.6 Å². The van der Waals surface area contributed by atoms with Gasteiger partial charge in [-0.15, -0.1) is 0 Å². The van der Waals surface area contributed by atoms with E-state index in [1.165, 1.54) is 19.2 Å². The van der Waals surface area contributed by atoms with Gasteiger partial charge in [0.05, 0.1) is 25.3 Å². The smallest absolute Gasteiger partial charge is 0.337 e. The first-order chi connectivity index (χ1) is 11.6. The van der Waals surface area contributed by atoms with Crippen LogP contribution in [0, 0.1) is 5.92 Å². The Bertz CT molecular complexity index is 630. The average Bonchev–Trinajstić information content (AvgIpc) is 2.53. The zero-order chi connectivity index (χ0) is 19.2. The predicted octanol–water partition coefficient (Wildman–Crippen LogP) is 2.34. The van der Waals surface area contributed by atoms with Crippen LogP contribution in [0.15, 0.2) is 12.1 Å². The van der Waals surface area contributed by atoms with Gasteiger partial charge in [-0.2, -0.15) is 0 Å². The van der Waals surface area contributed by atoms with E-state index in [4.69, 9.17) is 26.2 Å². The number of hydrogen-bond acceptors (Lipinski definition) is 5. The van der Waals surface area contributed by atoms with Crippen LogP contribution in [0.1, 0.15) is 37.6 Å². The van der Waals surface area contributed by atoms with Crippen molar-refractivity contribution < 1.29 is 29.3 Å². The van der Waals surface area contributed by atoms with Crippen LogP contribution in [0.5, 0.6) is 11.5 Å². The third-order valence-electron chi connectivity index (χ3n) is 3.49. The highest BCUT2D eigenvalue weighted by Gasteiger charge is 2.30. The van der Waals surface area contributed by atoms with Crippen LogP contribution in [0.25, 0.3) is 0 Å². The van der Waals surface area contributed by atoms with Gasteiger partial charge in [-0.1, -0.05) is 25.4 Å². The quantitative estimate of drug-likeness (QED) is 0.613. The van der Waals surface area contributed by atoms with Crippen LogP contribution < -0.4 is 14.8 Å². The van der Waals surface area contributed by atoms with E-state index in [1.807, 2.05) is 0 Å². The van der Waals surface area contributed by atoms with E-state index in [0.717, 1.165) is 13.3 Å². The summed E-state index contributed by atoms with van der Waals surface area (Å²) in [5, 5.41) is 21.1. The number of carboxylic acid groups (broad SMARTS) is 1. The fourth-order valence-electron chi connectivity index (χ4n) is 1.82. The van der Waals surface area contributed by atoms with Crippen molar-refractivity contribution in [3.8, 4) is 11.5 Å². The maximum Gasteiger partial charge on any atom is 0.337 e. The molecule has 0 aliphatic carbocycles. The fraction of sp³-hybridized carbons (Fsp3) is 0.529. The summed E-state index contributed by atoms with van der Waals surface area (Å²) in [6, 6.07) is 2.85. The Morgan fingerprint density at radius 2 is 2.00 bits per heavy atom. The number of aliphatic carboxylic acids is 1. The molecule has 140 valence electrons. The van der Waals surface area contributed by atoms with Crippen LogP contribution in [-0.4, -0.2) is 48.0 Å². The number of ether oxygens (including phenoxy) is 2. The lowest BCUT2D eigenvalue weighted by Crippen LogP contribution is -2.46. The van der Waals surface area contributed by atoms with Gasteiger partial charge < -0.3 is 25.0 Å². The first kappa shape index (κ1) is 21.1. The zero-order valence-corrected chi connectivity index (χ0v) is 15.5. The number of hydrogen-bond donors (Lipinski definition) is 3. The first-order valence-corrected chi connectivity index (χ1v) is 8.20. The molecule has 1 atom stereocenters. The lowest BCUT2D eigenvalue weighted by atomic mass is 10.1. The van der Waals surface area contributed by atoms with Crippen LogP contribution in [0.3, 0.4) is 0 Å². The number of carboxylic acids is 1. The summed E-state index contributed by atoms with van der Waals surface area (Å²) in [7, 11) is 1.43. The van der Waals surface area contributed by atoms with Crippen molar-refractivity contribution in [2.75, 3.05) is 20.3 Å². The largest absolute Gasteiger partial charge is 0.493 e. The summed E-state index contributed by atoms with van der Waals surface area (Å²) in [4.78, 5) is 23.0. The molecule has 1 rings (SSSR count). The molecule has 1 aromatic rings. The molecule has 0 fully saturated rings. The maximum atomic E-state index is 12.2. The normalized spacial score (nSPS) is 13.2. The van der Waals surface area contributed by atoms with Crippen molar-refractivity contribution in [1.29, 1.82) is 0 Å². The van der Waals surface area contributed by atoms with E-state index >= 15 is 0 Å². The number of nitrogens with one attached hydrogen (secondary N) is 1. The highest BCUT2D eigenvalue weighted by Crippen LogP contribution is 2.36. The third-order valence-corrected chi connectivity index (χ3v) is 3.77. The van der Waals surface area contributed by atoms with Gasteiger partial charge in [-0.25, -0.2) is 4.79 Å². The predicted molar refractivity (Wildman–Crippen MR) is 93.5 cm³/mol. The summed E-state index contributed by atoms with van der Waals surface area (Å²) in [6.07, 6.45) is 0.839. The van der Waals surface area contributed by atoms with Gasteiger partial charge in [0, 0.05) is 5.56 Å². The van der Waals surface area contributed by atoms with Crippen molar-refractivity contribution in [3.63, 3.8) is 0 Å². The minimum atomic E-state index is -2.07. The highest BCUT2D eigenvalue weighted by atomic mass is 35.5. The summed E-state index contributed by atoms with van der Waals surface area (Å²) in [5.74, 6) is -0.907. The lowest BCUT2D eigenvalue weighted by Gasteiger charge is -2.19. The summed E-state index contributed by atoms with van der Waals surface area (Å²) < 4.78 is 10.9. The first-order valence-electron chi connectivity index (χ1n) is 7.82. The molecular formula is C17H24ClNO6. The minimum Gasteiger partial charge on any atom is -0.493 e. The second kappa shape index (κ2) is 8.92. The van der Waals surface area contributed by atoms with Gasteiger partial charge in [-0.3, -0.25) is 4.79 Å². The standard InChI is InChI=1S/C17H24ClNO6/c1-10(2)5-6-25-14-12(18)7-11(8-13(14)24-4)15(20)19-9-17(3,23)16(21)22/h7-8,10,23H,5-6,9H2,1-4H3,(H,19,20)(H,21,22). The Morgan fingerprint density at radius 3 is 2.52 bits per heavy atom. The second-order valence-electron chi connectivity index (χ2n) is 6.28. The maximum absolute atomic E-state index is 12.2. The lowest BCUT2D eigenvalue weighted by molar-refractivity contribution is -0.155. The Hall–Kier alpha value is -1.99. The summed E-state index contributed by atoms with van der Waals surface area (Å²) in [6.45, 7) is 5.24. The third kappa shape index (κ3) is 6.10. The molecule has 1 amide bonds. The molecule has 8 heteroatoms. The van der Waals surface area contributed by atoms with Crippen molar-refractivity contribution >= 4 is 23.5 Å². The average molecular weight is 374 g/mol. The molecule has 0 aromatic heterocycles. The molecule has 0 bridgehead atoms. The number of benzene rings is 1. The minimum absolute atomic E-state index is 0.166. The Morgan fingerprint density at radius 1 is 1.36 bits per heavy atom. The molecular weight excluding hydrogens is 350 g/mol. The zero-order valence-electron chi connectivity index (χ0n) is 14.8. The molecule has 0 saturated carbocycles. The van der Waals surface area contributed by atoms with Crippen LogP contribution >= 0.6 is 11.6 Å². The summed E-state index contributed by atoms with van der Waals surface area (Å²) >= 11 is 6.18. The van der Waals surface area contributed by atoms with Crippen LogP contribution in [0.2, 0.25) is 5.02 Å². The second-order valence-corrected chi connectivity index (χ2v) is 6.69. The molecule has 7 nitrogen and oxygen atoms in total. The number of methoxy groups -OCH3 is 1. The van der Waals surface area contributed by atoms with Crippen molar-refractivity contribution in [3.05, 3.63) is 22.7 Å². The van der Waals surface area contributed by atoms with Gasteiger partial charge in [0.1, 0.15) is 0 Å². The summed E-state index contributed by atoms with van der Waals surface area (Å²) in [5.41, 5.74) is -1.90. The molecule has 1 unspecified atom stereocenters. The molecule has 3 N–H and O–H groups in total. The molecule has 25 heavy (non-hydrogen) atoms. The number of rotatable bonds is 9.